The van der Waals surface area contributed by atoms with Crippen molar-refractivity contribution in [2.45, 2.75) is 31.0 Å². The van der Waals surface area contributed by atoms with E-state index in [0.717, 1.165) is 10.9 Å². The van der Waals surface area contributed by atoms with E-state index in [0.29, 0.717) is 11.1 Å². The van der Waals surface area contributed by atoms with E-state index < -0.39 is 0 Å². The van der Waals surface area contributed by atoms with Crippen molar-refractivity contribution in [3.63, 3.8) is 0 Å². The Kier molecular flexibility index (Phi) is 2.44. The van der Waals surface area contributed by atoms with Gasteiger partial charge in [0.2, 0.25) is 0 Å². The molecule has 0 spiro atoms. The molecular weight excluding hydrogens is 158 g/mol. The predicted octanol–water partition coefficient (Wildman–Crippen LogP) is 1.80. The van der Waals surface area contributed by atoms with Crippen LogP contribution < -0.4 is 5.73 Å². The summed E-state index contributed by atoms with van der Waals surface area (Å²) in [5.74, 6) is 1.56. The van der Waals surface area contributed by atoms with Gasteiger partial charge in [-0.15, -0.1) is 0 Å². The number of aromatic nitrogens is 2. The highest BCUT2D eigenvalue weighted by atomic mass is 32.2. The van der Waals surface area contributed by atoms with Crippen molar-refractivity contribution in [3.8, 4) is 0 Å². The van der Waals surface area contributed by atoms with Gasteiger partial charge in [-0.3, -0.25) is 0 Å². The minimum atomic E-state index is 0.528. The molecule has 0 atom stereocenters. The number of H-pyrrole nitrogens is 1. The van der Waals surface area contributed by atoms with Gasteiger partial charge < -0.3 is 10.7 Å². The van der Waals surface area contributed by atoms with Crippen LogP contribution in [0.25, 0.3) is 0 Å². The summed E-state index contributed by atoms with van der Waals surface area (Å²) in [5, 5.41) is 1.44. The van der Waals surface area contributed by atoms with Crippen LogP contribution in [0.4, 0.5) is 5.82 Å². The van der Waals surface area contributed by atoms with Gasteiger partial charge >= 0.3 is 0 Å². The van der Waals surface area contributed by atoms with Crippen molar-refractivity contribution in [3.05, 3.63) is 5.82 Å². The number of aryl methyl sites for hydroxylation is 1. The quantitative estimate of drug-likeness (QED) is 0.667. The van der Waals surface area contributed by atoms with Crippen LogP contribution >= 0.6 is 11.8 Å². The number of nitrogens with zero attached hydrogens (tertiary/aromatic N) is 1. The maximum Gasteiger partial charge on any atom is 0.139 e. The molecule has 3 N–H and O–H groups in total. The molecule has 3 nitrogen and oxygen atoms in total. The number of hydrogen-bond acceptors (Lipinski definition) is 3. The number of thioether (sulfide) groups is 1. The number of aromatic amines is 1. The lowest BCUT2D eigenvalue weighted by atomic mass is 10.6. The van der Waals surface area contributed by atoms with E-state index in [4.69, 9.17) is 5.73 Å². The summed E-state index contributed by atoms with van der Waals surface area (Å²) in [6.07, 6.45) is 0. The smallest absolute Gasteiger partial charge is 0.139 e. The van der Waals surface area contributed by atoms with Gasteiger partial charge in [0.25, 0.3) is 0 Å². The lowest BCUT2D eigenvalue weighted by Gasteiger charge is -2.00. The predicted molar refractivity (Wildman–Crippen MR) is 48.7 cm³/mol. The first kappa shape index (κ1) is 8.46. The fraction of sp³-hybridized carbons (Fsp3) is 0.571. The average molecular weight is 171 g/mol. The van der Waals surface area contributed by atoms with Crippen LogP contribution in [0.3, 0.4) is 0 Å². The normalized spacial score (nSPS) is 10.9. The number of nitrogens with one attached hydrogen (secondary N) is 1. The van der Waals surface area contributed by atoms with Crippen LogP contribution in [0.15, 0.2) is 5.03 Å². The third-order valence-electron chi connectivity index (χ3n) is 1.16. The maximum atomic E-state index is 5.65. The van der Waals surface area contributed by atoms with E-state index in [1.54, 1.807) is 11.8 Å². The third-order valence-corrected chi connectivity index (χ3v) is 2.17. The second kappa shape index (κ2) is 3.17. The molecule has 62 valence electrons. The van der Waals surface area contributed by atoms with Gasteiger partial charge in [0, 0.05) is 5.25 Å². The molecule has 0 unspecified atom stereocenters. The molecule has 0 saturated carbocycles. The largest absolute Gasteiger partial charge is 0.383 e. The van der Waals surface area contributed by atoms with Crippen molar-refractivity contribution in [2.75, 3.05) is 5.73 Å². The summed E-state index contributed by atoms with van der Waals surface area (Å²) in [7, 11) is 0. The van der Waals surface area contributed by atoms with Crippen LogP contribution in [0.5, 0.6) is 0 Å². The molecule has 4 heteroatoms. The second-order valence-corrected chi connectivity index (χ2v) is 4.27. The highest BCUT2D eigenvalue weighted by Gasteiger charge is 2.06. The molecule has 0 aliphatic heterocycles. The maximum absolute atomic E-state index is 5.65. The molecule has 1 aromatic heterocycles. The van der Waals surface area contributed by atoms with Crippen LogP contribution in [0, 0.1) is 6.92 Å². The molecule has 1 heterocycles. The Morgan fingerprint density at radius 3 is 2.55 bits per heavy atom. The zero-order chi connectivity index (χ0) is 8.43. The Morgan fingerprint density at radius 2 is 2.18 bits per heavy atom. The van der Waals surface area contributed by atoms with Crippen molar-refractivity contribution in [1.82, 2.24) is 9.97 Å². The van der Waals surface area contributed by atoms with Crippen LogP contribution in [-0.2, 0) is 0 Å². The molecule has 0 amide bonds. The Bertz CT molecular complexity index is 242. The molecule has 1 aromatic rings. The molecule has 0 saturated heterocycles. The molecule has 11 heavy (non-hydrogen) atoms. The van der Waals surface area contributed by atoms with Gasteiger partial charge in [-0.05, 0) is 6.92 Å². The highest BCUT2D eigenvalue weighted by Crippen LogP contribution is 2.25. The van der Waals surface area contributed by atoms with Crippen molar-refractivity contribution in [2.24, 2.45) is 0 Å². The molecular formula is C7H13N3S. The van der Waals surface area contributed by atoms with Crippen LogP contribution in [-0.4, -0.2) is 15.2 Å². The standard InChI is InChI=1S/C7H13N3S/c1-4(2)11-7-6(8)9-5(3)10-7/h4H,8H2,1-3H3,(H,9,10). The Hall–Kier alpha value is -0.640. The summed E-state index contributed by atoms with van der Waals surface area (Å²) in [6, 6.07) is 0. The van der Waals surface area contributed by atoms with E-state index in [-0.39, 0.29) is 0 Å². The Labute approximate surface area is 70.8 Å². The molecule has 0 aliphatic carbocycles. The van der Waals surface area contributed by atoms with Gasteiger partial charge in [-0.25, -0.2) is 4.98 Å². The summed E-state index contributed by atoms with van der Waals surface area (Å²) in [6.45, 7) is 6.14. The highest BCUT2D eigenvalue weighted by molar-refractivity contribution is 7.99. The zero-order valence-electron chi connectivity index (χ0n) is 7.01. The van der Waals surface area contributed by atoms with Gasteiger partial charge in [0.15, 0.2) is 0 Å². The summed E-state index contributed by atoms with van der Waals surface area (Å²) >= 11 is 1.68. The number of hydrogen-bond donors (Lipinski definition) is 2. The molecule has 0 fully saturated rings. The Morgan fingerprint density at radius 1 is 1.55 bits per heavy atom. The van der Waals surface area contributed by atoms with Gasteiger partial charge in [-0.1, -0.05) is 25.6 Å². The minimum Gasteiger partial charge on any atom is -0.383 e. The fourth-order valence-corrected chi connectivity index (χ4v) is 1.62. The summed E-state index contributed by atoms with van der Waals surface area (Å²) < 4.78 is 0. The van der Waals surface area contributed by atoms with E-state index in [1.807, 2.05) is 6.92 Å². The number of nitrogens with two attached hydrogens (primary N) is 1. The zero-order valence-corrected chi connectivity index (χ0v) is 7.83. The van der Waals surface area contributed by atoms with Crippen molar-refractivity contribution in [1.29, 1.82) is 0 Å². The van der Waals surface area contributed by atoms with E-state index in [9.17, 15) is 0 Å². The van der Waals surface area contributed by atoms with Crippen LogP contribution in [0.1, 0.15) is 19.7 Å². The number of nitrogen functional groups attached to an aromatic ring is 1. The topological polar surface area (TPSA) is 54.7 Å². The lowest BCUT2D eigenvalue weighted by Crippen LogP contribution is -1.91. The first-order chi connectivity index (χ1) is 5.09. The lowest BCUT2D eigenvalue weighted by molar-refractivity contribution is 1.07. The number of rotatable bonds is 2. The van der Waals surface area contributed by atoms with E-state index in [1.165, 1.54) is 0 Å². The molecule has 0 aromatic carbocycles. The van der Waals surface area contributed by atoms with Crippen molar-refractivity contribution < 1.29 is 0 Å². The summed E-state index contributed by atoms with van der Waals surface area (Å²) in [4.78, 5) is 7.19. The van der Waals surface area contributed by atoms with Crippen LogP contribution in [0.2, 0.25) is 0 Å². The molecule has 0 radical (unpaired) electrons. The summed E-state index contributed by atoms with van der Waals surface area (Å²) in [5.41, 5.74) is 5.65. The molecule has 0 bridgehead atoms. The SMILES string of the molecule is Cc1nc(SC(C)C)c(N)[nH]1. The minimum absolute atomic E-state index is 0.528. The third kappa shape index (κ3) is 2.15. The molecule has 0 aliphatic rings. The number of anilines is 1. The Balaban J connectivity index is 2.77. The van der Waals surface area contributed by atoms with Gasteiger partial charge in [0.05, 0.1) is 0 Å². The second-order valence-electron chi connectivity index (χ2n) is 2.71. The number of imidazole rings is 1. The van der Waals surface area contributed by atoms with E-state index in [2.05, 4.69) is 23.8 Å². The van der Waals surface area contributed by atoms with Crippen molar-refractivity contribution >= 4 is 17.6 Å². The average Bonchev–Trinajstić information content (AvgIpc) is 2.09. The fourth-order valence-electron chi connectivity index (χ4n) is 0.802. The first-order valence-corrected chi connectivity index (χ1v) is 4.46. The molecule has 1 rings (SSSR count). The van der Waals surface area contributed by atoms with E-state index >= 15 is 0 Å². The van der Waals surface area contributed by atoms with Gasteiger partial charge in [0.1, 0.15) is 16.7 Å². The van der Waals surface area contributed by atoms with Gasteiger partial charge in [-0.2, -0.15) is 0 Å². The monoisotopic (exact) mass is 171 g/mol. The first-order valence-electron chi connectivity index (χ1n) is 3.58.